The topological polar surface area (TPSA) is 101 Å². The molecule has 188 valence electrons. The molecular weight excluding hydrogens is 468 g/mol. The Kier molecular flexibility index (Phi) is 6.12. The van der Waals surface area contributed by atoms with Gasteiger partial charge < -0.3 is 19.0 Å². The van der Waals surface area contributed by atoms with Gasteiger partial charge in [-0.1, -0.05) is 82.3 Å². The predicted octanol–water partition coefficient (Wildman–Crippen LogP) is 6.74. The van der Waals surface area contributed by atoms with Gasteiger partial charge >= 0.3 is 11.3 Å². The van der Waals surface area contributed by atoms with Crippen molar-refractivity contribution < 1.29 is 19.0 Å². The quantitative estimate of drug-likeness (QED) is 0.261. The Hall–Kier alpha value is -4.32. The van der Waals surface area contributed by atoms with Gasteiger partial charge in [-0.3, -0.25) is 0 Å². The zero-order valence-electron chi connectivity index (χ0n) is 21.1. The number of fused-ring (bicyclic) bond motifs is 2. The van der Waals surface area contributed by atoms with Crippen molar-refractivity contribution in [2.75, 3.05) is 0 Å². The molecule has 5 rings (SSSR count). The van der Waals surface area contributed by atoms with E-state index < -0.39 is 17.2 Å². The van der Waals surface area contributed by atoms with Gasteiger partial charge in [0, 0.05) is 0 Å². The third-order valence-corrected chi connectivity index (χ3v) is 6.90. The average Bonchev–Trinajstić information content (AvgIpc) is 2.87. The maximum absolute atomic E-state index is 13.5. The normalized spacial score (nSPS) is 11.9. The van der Waals surface area contributed by atoms with Crippen molar-refractivity contribution in [3.63, 3.8) is 0 Å². The minimum atomic E-state index is -1.13. The van der Waals surface area contributed by atoms with E-state index >= 15 is 0 Å². The Bertz CT molecular complexity index is 1630. The van der Waals surface area contributed by atoms with Crippen molar-refractivity contribution in [2.45, 2.75) is 45.4 Å². The van der Waals surface area contributed by atoms with E-state index in [2.05, 4.69) is 0 Å². The van der Waals surface area contributed by atoms with Crippen LogP contribution in [0.25, 0.3) is 21.9 Å². The molecule has 0 fully saturated rings. The van der Waals surface area contributed by atoms with Crippen LogP contribution in [-0.4, -0.2) is 10.2 Å². The first-order valence-electron chi connectivity index (χ1n) is 12.3. The van der Waals surface area contributed by atoms with E-state index in [0.717, 1.165) is 11.1 Å². The SMILES string of the molecule is CC(C)c1cccc2c(O)c(C(c3ccccc3)c3c(O)c4cccc(C(C)C)c4oc3=O)c(=O)oc12. The maximum atomic E-state index is 13.5. The number of para-hydroxylation sites is 2. The van der Waals surface area contributed by atoms with Crippen molar-refractivity contribution in [3.8, 4) is 11.5 Å². The summed E-state index contributed by atoms with van der Waals surface area (Å²) in [6.45, 7) is 7.87. The molecule has 0 unspecified atom stereocenters. The van der Waals surface area contributed by atoms with Gasteiger partial charge in [-0.15, -0.1) is 0 Å². The molecule has 5 aromatic rings. The van der Waals surface area contributed by atoms with Crippen LogP contribution >= 0.6 is 0 Å². The summed E-state index contributed by atoms with van der Waals surface area (Å²) < 4.78 is 11.6. The van der Waals surface area contributed by atoms with Gasteiger partial charge in [0.25, 0.3) is 0 Å². The molecule has 0 radical (unpaired) electrons. The van der Waals surface area contributed by atoms with Crippen LogP contribution in [0.4, 0.5) is 0 Å². The molecule has 0 aliphatic rings. The van der Waals surface area contributed by atoms with Crippen LogP contribution in [0.5, 0.6) is 11.5 Å². The molecule has 37 heavy (non-hydrogen) atoms. The molecule has 6 nitrogen and oxygen atoms in total. The van der Waals surface area contributed by atoms with Gasteiger partial charge in [-0.2, -0.15) is 0 Å². The largest absolute Gasteiger partial charge is 0.507 e. The Morgan fingerprint density at radius 3 is 1.43 bits per heavy atom. The van der Waals surface area contributed by atoms with E-state index in [4.69, 9.17) is 8.83 Å². The van der Waals surface area contributed by atoms with Gasteiger partial charge in [0.1, 0.15) is 22.7 Å². The summed E-state index contributed by atoms with van der Waals surface area (Å²) in [4.78, 5) is 27.0. The van der Waals surface area contributed by atoms with Crippen LogP contribution < -0.4 is 11.3 Å². The highest BCUT2D eigenvalue weighted by Crippen LogP contribution is 2.43. The second kappa shape index (κ2) is 9.28. The summed E-state index contributed by atoms with van der Waals surface area (Å²) in [5.41, 5.74) is 0.820. The Morgan fingerprint density at radius 2 is 1.03 bits per heavy atom. The lowest BCUT2D eigenvalue weighted by atomic mass is 9.84. The molecule has 3 aromatic carbocycles. The Balaban J connectivity index is 1.89. The van der Waals surface area contributed by atoms with E-state index in [9.17, 15) is 19.8 Å². The fourth-order valence-electron chi connectivity index (χ4n) is 5.03. The van der Waals surface area contributed by atoms with Crippen LogP contribution in [-0.2, 0) is 0 Å². The zero-order chi connectivity index (χ0) is 26.4. The first kappa shape index (κ1) is 24.4. The molecule has 2 heterocycles. The highest BCUT2D eigenvalue weighted by molar-refractivity contribution is 5.89. The van der Waals surface area contributed by atoms with Crippen LogP contribution in [0.2, 0.25) is 0 Å². The fourth-order valence-corrected chi connectivity index (χ4v) is 5.03. The van der Waals surface area contributed by atoms with Gasteiger partial charge in [0.2, 0.25) is 0 Å². The third-order valence-electron chi connectivity index (χ3n) is 6.90. The van der Waals surface area contributed by atoms with Crippen molar-refractivity contribution in [1.82, 2.24) is 0 Å². The van der Waals surface area contributed by atoms with Gasteiger partial charge in [0.05, 0.1) is 27.8 Å². The van der Waals surface area contributed by atoms with Crippen molar-refractivity contribution in [2.24, 2.45) is 0 Å². The van der Waals surface area contributed by atoms with Gasteiger partial charge in [0.15, 0.2) is 0 Å². The molecule has 0 aliphatic heterocycles. The van der Waals surface area contributed by atoms with Crippen molar-refractivity contribution in [1.29, 1.82) is 0 Å². The zero-order valence-corrected chi connectivity index (χ0v) is 21.1. The Morgan fingerprint density at radius 1 is 0.595 bits per heavy atom. The smallest absolute Gasteiger partial charge is 0.344 e. The molecule has 0 saturated carbocycles. The molecule has 0 amide bonds. The van der Waals surface area contributed by atoms with Crippen LogP contribution in [0, 0.1) is 0 Å². The van der Waals surface area contributed by atoms with E-state index in [1.54, 1.807) is 54.6 Å². The average molecular weight is 497 g/mol. The van der Waals surface area contributed by atoms with Crippen LogP contribution in [0.15, 0.2) is 85.2 Å². The fraction of sp³-hybridized carbons (Fsp3) is 0.226. The molecule has 0 bridgehead atoms. The lowest BCUT2D eigenvalue weighted by Gasteiger charge is -2.21. The summed E-state index contributed by atoms with van der Waals surface area (Å²) in [6, 6.07) is 19.4. The molecule has 2 N–H and O–H groups in total. The lowest BCUT2D eigenvalue weighted by Crippen LogP contribution is -2.21. The number of benzene rings is 3. The standard InChI is InChI=1S/C31H28O6/c1-16(2)19-12-8-14-21-26(32)24(30(34)36-28(19)21)23(18-10-6-5-7-11-18)25-27(33)22-15-9-13-20(17(3)4)29(22)37-31(25)35/h5-17,23,32-33H,1-4H3. The summed E-state index contributed by atoms with van der Waals surface area (Å²) in [6.07, 6.45) is 0. The summed E-state index contributed by atoms with van der Waals surface area (Å²) in [5, 5.41) is 23.6. The van der Waals surface area contributed by atoms with Crippen LogP contribution in [0.1, 0.15) is 73.3 Å². The van der Waals surface area contributed by atoms with Gasteiger partial charge in [-0.05, 0) is 40.7 Å². The number of rotatable bonds is 5. The molecule has 0 aliphatic carbocycles. The number of hydrogen-bond acceptors (Lipinski definition) is 6. The maximum Gasteiger partial charge on any atom is 0.344 e. The monoisotopic (exact) mass is 496 g/mol. The minimum absolute atomic E-state index is 0.0498. The van der Waals surface area contributed by atoms with Crippen molar-refractivity contribution >= 4 is 21.9 Å². The molecule has 0 atom stereocenters. The van der Waals surface area contributed by atoms with E-state index in [0.29, 0.717) is 27.5 Å². The van der Waals surface area contributed by atoms with E-state index in [-0.39, 0.29) is 34.5 Å². The first-order valence-corrected chi connectivity index (χ1v) is 12.3. The van der Waals surface area contributed by atoms with Crippen LogP contribution in [0.3, 0.4) is 0 Å². The Labute approximate surface area is 213 Å². The molecule has 0 spiro atoms. The lowest BCUT2D eigenvalue weighted by molar-refractivity contribution is 0.440. The highest BCUT2D eigenvalue weighted by atomic mass is 16.4. The highest BCUT2D eigenvalue weighted by Gasteiger charge is 2.33. The summed E-state index contributed by atoms with van der Waals surface area (Å²) >= 11 is 0. The molecule has 6 heteroatoms. The number of aromatic hydroxyl groups is 2. The predicted molar refractivity (Wildman–Crippen MR) is 144 cm³/mol. The summed E-state index contributed by atoms with van der Waals surface area (Å²) in [7, 11) is 0. The summed E-state index contributed by atoms with van der Waals surface area (Å²) in [5.74, 6) is -1.62. The van der Waals surface area contributed by atoms with Crippen molar-refractivity contribution in [3.05, 3.63) is 115 Å². The second-order valence-electron chi connectivity index (χ2n) is 9.90. The van der Waals surface area contributed by atoms with Gasteiger partial charge in [-0.25, -0.2) is 9.59 Å². The number of hydrogen-bond donors (Lipinski definition) is 2. The first-order chi connectivity index (χ1) is 17.7. The molecule has 0 saturated heterocycles. The second-order valence-corrected chi connectivity index (χ2v) is 9.90. The molecular formula is C31H28O6. The third kappa shape index (κ3) is 3.99. The minimum Gasteiger partial charge on any atom is -0.507 e. The molecule has 2 aromatic heterocycles. The van der Waals surface area contributed by atoms with E-state index in [1.165, 1.54) is 0 Å². The van der Waals surface area contributed by atoms with E-state index in [1.807, 2.05) is 39.8 Å².